The first-order chi connectivity index (χ1) is 15.5. The van der Waals surface area contributed by atoms with Crippen LogP contribution in [0.3, 0.4) is 0 Å². The van der Waals surface area contributed by atoms with Crippen LogP contribution >= 0.6 is 0 Å². The van der Waals surface area contributed by atoms with Crippen LogP contribution in [0.1, 0.15) is 43.7 Å². The molecule has 4 rings (SSSR count). The van der Waals surface area contributed by atoms with Crippen LogP contribution in [0.5, 0.6) is 0 Å². The largest absolute Gasteiger partial charge is 0.342 e. The van der Waals surface area contributed by atoms with Gasteiger partial charge in [-0.2, -0.15) is 0 Å². The molecule has 0 atom stereocenters. The Kier molecular flexibility index (Phi) is 7.84. The Morgan fingerprint density at radius 2 is 1.53 bits per heavy atom. The molecule has 32 heavy (non-hydrogen) atoms. The Bertz CT molecular complexity index is 774. The van der Waals surface area contributed by atoms with E-state index >= 15 is 0 Å². The van der Waals surface area contributed by atoms with Gasteiger partial charge in [0.15, 0.2) is 0 Å². The zero-order valence-corrected chi connectivity index (χ0v) is 20.0. The monoisotopic (exact) mass is 440 g/mol. The van der Waals surface area contributed by atoms with Crippen molar-refractivity contribution in [3.8, 4) is 0 Å². The number of piperidine rings is 2. The Labute approximate surface area is 193 Å². The van der Waals surface area contributed by atoms with E-state index in [1.807, 2.05) is 4.90 Å². The highest BCUT2D eigenvalue weighted by atomic mass is 16.2. The number of carbonyl (C=O) groups is 2. The van der Waals surface area contributed by atoms with E-state index in [-0.39, 0.29) is 11.8 Å². The normalized spacial score (nSPS) is 22.3. The molecule has 0 aliphatic carbocycles. The van der Waals surface area contributed by atoms with Crippen molar-refractivity contribution in [1.29, 1.82) is 0 Å². The smallest absolute Gasteiger partial charge is 0.236 e. The van der Waals surface area contributed by atoms with Crippen molar-refractivity contribution in [2.24, 2.45) is 11.8 Å². The molecule has 0 bridgehead atoms. The second-order valence-electron chi connectivity index (χ2n) is 10.2. The average Bonchev–Trinajstić information content (AvgIpc) is 2.80. The van der Waals surface area contributed by atoms with Gasteiger partial charge in [0.05, 0.1) is 6.54 Å². The van der Waals surface area contributed by atoms with E-state index in [0.29, 0.717) is 12.5 Å². The van der Waals surface area contributed by atoms with Gasteiger partial charge in [0.1, 0.15) is 0 Å². The summed E-state index contributed by atoms with van der Waals surface area (Å²) in [6.07, 6.45) is 4.06. The number of hydrogen-bond donors (Lipinski definition) is 0. The number of rotatable bonds is 5. The van der Waals surface area contributed by atoms with Crippen molar-refractivity contribution in [2.45, 2.75) is 46.1 Å². The van der Waals surface area contributed by atoms with Crippen LogP contribution < -0.4 is 0 Å². The number of piperazine rings is 1. The summed E-state index contributed by atoms with van der Waals surface area (Å²) in [6, 6.07) is 8.68. The van der Waals surface area contributed by atoms with Gasteiger partial charge in [0.25, 0.3) is 0 Å². The van der Waals surface area contributed by atoms with Gasteiger partial charge in [-0.05, 0) is 57.2 Å². The van der Waals surface area contributed by atoms with E-state index in [2.05, 4.69) is 52.8 Å². The number of hydrogen-bond acceptors (Lipinski definition) is 4. The summed E-state index contributed by atoms with van der Waals surface area (Å²) in [4.78, 5) is 34.5. The molecule has 0 spiro atoms. The van der Waals surface area contributed by atoms with Crippen LogP contribution in [0.2, 0.25) is 0 Å². The Morgan fingerprint density at radius 3 is 2.19 bits per heavy atom. The summed E-state index contributed by atoms with van der Waals surface area (Å²) in [5.41, 5.74) is 2.65. The lowest BCUT2D eigenvalue weighted by Gasteiger charge is -2.38. The van der Waals surface area contributed by atoms with E-state index in [0.717, 1.165) is 90.5 Å². The van der Waals surface area contributed by atoms with Crippen LogP contribution in [-0.2, 0) is 16.1 Å². The molecule has 6 heteroatoms. The van der Waals surface area contributed by atoms with Gasteiger partial charge in [-0.3, -0.25) is 19.4 Å². The molecular weight excluding hydrogens is 400 g/mol. The Morgan fingerprint density at radius 1 is 0.844 bits per heavy atom. The van der Waals surface area contributed by atoms with Crippen molar-refractivity contribution in [2.75, 3.05) is 58.9 Å². The Hall–Kier alpha value is -1.92. The maximum absolute atomic E-state index is 12.9. The van der Waals surface area contributed by atoms with Crippen LogP contribution in [-0.4, -0.2) is 90.3 Å². The molecule has 0 radical (unpaired) electrons. The Balaban J connectivity index is 1.16. The van der Waals surface area contributed by atoms with Crippen molar-refractivity contribution < 1.29 is 9.59 Å². The van der Waals surface area contributed by atoms with Crippen LogP contribution in [0, 0.1) is 18.8 Å². The minimum atomic E-state index is 0.153. The fourth-order valence-corrected chi connectivity index (χ4v) is 5.34. The number of aryl methyl sites for hydroxylation is 1. The topological polar surface area (TPSA) is 47.1 Å². The first-order valence-corrected chi connectivity index (χ1v) is 12.5. The van der Waals surface area contributed by atoms with Gasteiger partial charge >= 0.3 is 0 Å². The third kappa shape index (κ3) is 6.10. The van der Waals surface area contributed by atoms with E-state index < -0.39 is 0 Å². The van der Waals surface area contributed by atoms with Gasteiger partial charge < -0.3 is 9.80 Å². The highest BCUT2D eigenvalue weighted by molar-refractivity contribution is 5.80. The van der Waals surface area contributed by atoms with Crippen molar-refractivity contribution in [3.63, 3.8) is 0 Å². The molecule has 1 aromatic carbocycles. The zero-order valence-electron chi connectivity index (χ0n) is 20.0. The molecule has 1 aromatic rings. The maximum Gasteiger partial charge on any atom is 0.236 e. The molecule has 3 heterocycles. The van der Waals surface area contributed by atoms with E-state index in [1.54, 1.807) is 0 Å². The van der Waals surface area contributed by atoms with Gasteiger partial charge in [-0.15, -0.1) is 0 Å². The number of amides is 2. The first kappa shape index (κ1) is 23.2. The molecule has 0 saturated carbocycles. The summed E-state index contributed by atoms with van der Waals surface area (Å²) >= 11 is 0. The summed E-state index contributed by atoms with van der Waals surface area (Å²) in [5.74, 6) is 1.50. The van der Waals surface area contributed by atoms with E-state index in [4.69, 9.17) is 0 Å². The van der Waals surface area contributed by atoms with Gasteiger partial charge in [-0.1, -0.05) is 36.8 Å². The minimum Gasteiger partial charge on any atom is -0.342 e. The number of nitrogens with zero attached hydrogens (tertiary/aromatic N) is 4. The SMILES string of the molecule is Cc1cccc(CN2CCN(C(=O)CN3CCC(C(=O)N4CCC(C)CC4)CC3)CC2)c1. The van der Waals surface area contributed by atoms with Crippen molar-refractivity contribution in [3.05, 3.63) is 35.4 Å². The quantitative estimate of drug-likeness (QED) is 0.706. The molecule has 3 aliphatic rings. The third-order valence-electron chi connectivity index (χ3n) is 7.60. The molecule has 2 amide bonds. The number of carbonyl (C=O) groups excluding carboxylic acids is 2. The zero-order chi connectivity index (χ0) is 22.5. The minimum absolute atomic E-state index is 0.153. The average molecular weight is 441 g/mol. The standard InChI is InChI=1S/C26H40N4O2/c1-21-6-12-30(13-7-21)26(32)24-8-10-27(11-9-24)20-25(31)29-16-14-28(15-17-29)19-23-5-3-4-22(2)18-23/h3-5,18,21,24H,6-17,19-20H2,1-2H3. The molecule has 3 fully saturated rings. The second-order valence-corrected chi connectivity index (χ2v) is 10.2. The third-order valence-corrected chi connectivity index (χ3v) is 7.60. The maximum atomic E-state index is 12.9. The van der Waals surface area contributed by atoms with Crippen LogP contribution in [0.4, 0.5) is 0 Å². The predicted molar refractivity (Wildman–Crippen MR) is 127 cm³/mol. The van der Waals surface area contributed by atoms with Crippen molar-refractivity contribution >= 4 is 11.8 Å². The molecule has 3 saturated heterocycles. The lowest BCUT2D eigenvalue weighted by Crippen LogP contribution is -2.52. The molecule has 176 valence electrons. The summed E-state index contributed by atoms with van der Waals surface area (Å²) < 4.78 is 0. The molecule has 0 unspecified atom stereocenters. The van der Waals surface area contributed by atoms with E-state index in [1.165, 1.54) is 11.1 Å². The fraction of sp³-hybridized carbons (Fsp3) is 0.692. The highest BCUT2D eigenvalue weighted by Crippen LogP contribution is 2.23. The lowest BCUT2D eigenvalue weighted by atomic mass is 9.92. The lowest BCUT2D eigenvalue weighted by molar-refractivity contribution is -0.139. The molecule has 6 nitrogen and oxygen atoms in total. The number of likely N-dealkylation sites (tertiary alicyclic amines) is 2. The van der Waals surface area contributed by atoms with Gasteiger partial charge in [0.2, 0.25) is 11.8 Å². The molecule has 3 aliphatic heterocycles. The molecule has 0 aromatic heterocycles. The summed E-state index contributed by atoms with van der Waals surface area (Å²) in [7, 11) is 0. The predicted octanol–water partition coefficient (Wildman–Crippen LogP) is 2.61. The fourth-order valence-electron chi connectivity index (χ4n) is 5.34. The summed E-state index contributed by atoms with van der Waals surface area (Å²) in [6.45, 7) is 12.9. The van der Waals surface area contributed by atoms with Crippen LogP contribution in [0.15, 0.2) is 24.3 Å². The highest BCUT2D eigenvalue weighted by Gasteiger charge is 2.31. The molecular formula is C26H40N4O2. The summed E-state index contributed by atoms with van der Waals surface area (Å²) in [5, 5.41) is 0. The molecule has 0 N–H and O–H groups in total. The van der Waals surface area contributed by atoms with Crippen molar-refractivity contribution in [1.82, 2.24) is 19.6 Å². The van der Waals surface area contributed by atoms with E-state index in [9.17, 15) is 9.59 Å². The van der Waals surface area contributed by atoms with Gasteiger partial charge in [-0.25, -0.2) is 0 Å². The second kappa shape index (κ2) is 10.8. The van der Waals surface area contributed by atoms with Gasteiger partial charge in [0, 0.05) is 51.7 Å². The van der Waals surface area contributed by atoms with Crippen LogP contribution in [0.25, 0.3) is 0 Å². The first-order valence-electron chi connectivity index (χ1n) is 12.5. The number of benzene rings is 1.